The van der Waals surface area contributed by atoms with Gasteiger partial charge in [0.05, 0.1) is 6.61 Å². The molecular weight excluding hydrogens is 208 g/mol. The van der Waals surface area contributed by atoms with Crippen molar-refractivity contribution in [2.24, 2.45) is 5.73 Å². The van der Waals surface area contributed by atoms with Crippen molar-refractivity contribution in [3.8, 4) is 0 Å². The summed E-state index contributed by atoms with van der Waals surface area (Å²) in [4.78, 5) is 11.4. The van der Waals surface area contributed by atoms with Crippen molar-refractivity contribution >= 4 is 5.91 Å². The minimum Gasteiger partial charge on any atom is -0.353 e. The van der Waals surface area contributed by atoms with Crippen LogP contribution in [0.2, 0.25) is 0 Å². The Morgan fingerprint density at radius 3 is 2.81 bits per heavy atom. The quantitative estimate of drug-likeness (QED) is 0.716. The SMILES string of the molecule is CC(N)CCC(=O)NCC1COC(C)(C)O1. The minimum atomic E-state index is -0.527. The number of amides is 1. The summed E-state index contributed by atoms with van der Waals surface area (Å²) in [6.45, 7) is 6.65. The molecule has 2 atom stereocenters. The maximum absolute atomic E-state index is 11.4. The molecule has 1 heterocycles. The van der Waals surface area contributed by atoms with E-state index in [1.807, 2.05) is 20.8 Å². The van der Waals surface area contributed by atoms with Crippen LogP contribution in [0.25, 0.3) is 0 Å². The molecule has 16 heavy (non-hydrogen) atoms. The molecule has 0 aliphatic carbocycles. The lowest BCUT2D eigenvalue weighted by Gasteiger charge is -2.17. The van der Waals surface area contributed by atoms with E-state index in [2.05, 4.69) is 5.32 Å². The molecule has 1 fully saturated rings. The number of hydrogen-bond acceptors (Lipinski definition) is 4. The third kappa shape index (κ3) is 4.92. The number of nitrogens with one attached hydrogen (secondary N) is 1. The van der Waals surface area contributed by atoms with Crippen LogP contribution in [0.4, 0.5) is 0 Å². The number of carbonyl (C=O) groups excluding carboxylic acids is 1. The Morgan fingerprint density at radius 1 is 1.62 bits per heavy atom. The van der Waals surface area contributed by atoms with E-state index in [0.29, 0.717) is 26.0 Å². The third-order valence-electron chi connectivity index (χ3n) is 2.42. The maximum atomic E-state index is 11.4. The Hall–Kier alpha value is -0.650. The van der Waals surface area contributed by atoms with Crippen molar-refractivity contribution < 1.29 is 14.3 Å². The molecule has 1 rings (SSSR count). The van der Waals surface area contributed by atoms with Crippen molar-refractivity contribution in [1.29, 1.82) is 0 Å². The van der Waals surface area contributed by atoms with Crippen LogP contribution in [0.3, 0.4) is 0 Å². The van der Waals surface area contributed by atoms with E-state index in [4.69, 9.17) is 15.2 Å². The first kappa shape index (κ1) is 13.4. The van der Waals surface area contributed by atoms with Gasteiger partial charge < -0.3 is 20.5 Å². The largest absolute Gasteiger partial charge is 0.353 e. The van der Waals surface area contributed by atoms with Gasteiger partial charge in [-0.2, -0.15) is 0 Å². The first-order valence-corrected chi connectivity index (χ1v) is 5.73. The number of hydrogen-bond donors (Lipinski definition) is 2. The van der Waals surface area contributed by atoms with Crippen molar-refractivity contribution in [2.75, 3.05) is 13.2 Å². The molecule has 2 unspecified atom stereocenters. The van der Waals surface area contributed by atoms with E-state index in [0.717, 1.165) is 0 Å². The Bertz CT molecular complexity index is 241. The second-order valence-corrected chi connectivity index (χ2v) is 4.77. The fraction of sp³-hybridized carbons (Fsp3) is 0.909. The van der Waals surface area contributed by atoms with Crippen LogP contribution in [0.5, 0.6) is 0 Å². The molecule has 0 radical (unpaired) electrons. The molecule has 0 spiro atoms. The smallest absolute Gasteiger partial charge is 0.220 e. The molecule has 3 N–H and O–H groups in total. The lowest BCUT2D eigenvalue weighted by Crippen LogP contribution is -2.35. The van der Waals surface area contributed by atoms with Crippen LogP contribution in [0.15, 0.2) is 0 Å². The number of carbonyl (C=O) groups is 1. The first-order chi connectivity index (χ1) is 7.39. The predicted octanol–water partition coefficient (Wildman–Crippen LogP) is 0.382. The summed E-state index contributed by atoms with van der Waals surface area (Å²) in [7, 11) is 0. The van der Waals surface area contributed by atoms with Crippen LogP contribution in [0.1, 0.15) is 33.6 Å². The third-order valence-corrected chi connectivity index (χ3v) is 2.42. The molecule has 1 amide bonds. The van der Waals surface area contributed by atoms with Crippen LogP contribution in [-0.4, -0.2) is 37.0 Å². The van der Waals surface area contributed by atoms with E-state index >= 15 is 0 Å². The summed E-state index contributed by atoms with van der Waals surface area (Å²) >= 11 is 0. The van der Waals surface area contributed by atoms with Gasteiger partial charge in [0.1, 0.15) is 6.10 Å². The van der Waals surface area contributed by atoms with Crippen LogP contribution < -0.4 is 11.1 Å². The Kier molecular flexibility index (Phi) is 4.70. The second kappa shape index (κ2) is 5.61. The van der Waals surface area contributed by atoms with Gasteiger partial charge in [-0.3, -0.25) is 4.79 Å². The standard InChI is InChI=1S/C11H22N2O3/c1-8(12)4-5-10(14)13-6-9-7-15-11(2,3)16-9/h8-9H,4-7,12H2,1-3H3,(H,13,14). The minimum absolute atomic E-state index is 0.0191. The molecule has 0 aromatic heterocycles. The highest BCUT2D eigenvalue weighted by Gasteiger charge is 2.32. The lowest BCUT2D eigenvalue weighted by atomic mass is 10.2. The fourth-order valence-corrected chi connectivity index (χ4v) is 1.54. The molecule has 0 aromatic carbocycles. The average Bonchev–Trinajstić information content (AvgIpc) is 2.52. The van der Waals surface area contributed by atoms with Crippen molar-refractivity contribution in [1.82, 2.24) is 5.32 Å². The van der Waals surface area contributed by atoms with E-state index in [-0.39, 0.29) is 18.1 Å². The molecule has 1 saturated heterocycles. The molecule has 1 aliphatic rings. The average molecular weight is 230 g/mol. The van der Waals surface area contributed by atoms with E-state index in [1.54, 1.807) is 0 Å². The van der Waals surface area contributed by atoms with Crippen LogP contribution in [-0.2, 0) is 14.3 Å². The summed E-state index contributed by atoms with van der Waals surface area (Å²) in [5.74, 6) is -0.508. The van der Waals surface area contributed by atoms with Gasteiger partial charge in [-0.1, -0.05) is 0 Å². The van der Waals surface area contributed by atoms with Crippen molar-refractivity contribution in [3.05, 3.63) is 0 Å². The summed E-state index contributed by atoms with van der Waals surface area (Å²) in [6, 6.07) is 0.0655. The van der Waals surface area contributed by atoms with Gasteiger partial charge in [0.15, 0.2) is 5.79 Å². The summed E-state index contributed by atoms with van der Waals surface area (Å²) < 4.78 is 11.0. The number of ether oxygens (including phenoxy) is 2. The topological polar surface area (TPSA) is 73.6 Å². The van der Waals surface area contributed by atoms with Crippen LogP contribution >= 0.6 is 0 Å². The highest BCUT2D eigenvalue weighted by atomic mass is 16.7. The molecule has 1 aliphatic heterocycles. The molecule has 5 heteroatoms. The zero-order valence-electron chi connectivity index (χ0n) is 10.3. The Morgan fingerprint density at radius 2 is 2.31 bits per heavy atom. The van der Waals surface area contributed by atoms with Gasteiger partial charge in [0.2, 0.25) is 5.91 Å². The molecule has 0 bridgehead atoms. The van der Waals surface area contributed by atoms with Gasteiger partial charge >= 0.3 is 0 Å². The lowest BCUT2D eigenvalue weighted by molar-refractivity contribution is -0.139. The zero-order valence-corrected chi connectivity index (χ0v) is 10.3. The molecular formula is C11H22N2O3. The van der Waals surface area contributed by atoms with E-state index in [9.17, 15) is 4.79 Å². The highest BCUT2D eigenvalue weighted by Crippen LogP contribution is 2.21. The normalized spacial score (nSPS) is 25.4. The maximum Gasteiger partial charge on any atom is 0.220 e. The van der Waals surface area contributed by atoms with Gasteiger partial charge in [0.25, 0.3) is 0 Å². The van der Waals surface area contributed by atoms with Gasteiger partial charge in [-0.05, 0) is 27.2 Å². The summed E-state index contributed by atoms with van der Waals surface area (Å²) in [6.07, 6.45) is 1.13. The number of nitrogens with two attached hydrogens (primary N) is 1. The van der Waals surface area contributed by atoms with Gasteiger partial charge in [-0.15, -0.1) is 0 Å². The predicted molar refractivity (Wildman–Crippen MR) is 60.8 cm³/mol. The zero-order chi connectivity index (χ0) is 12.2. The van der Waals surface area contributed by atoms with Gasteiger partial charge in [-0.25, -0.2) is 0 Å². The fourth-order valence-electron chi connectivity index (χ4n) is 1.54. The van der Waals surface area contributed by atoms with Crippen molar-refractivity contribution in [2.45, 2.75) is 51.5 Å². The molecule has 94 valence electrons. The second-order valence-electron chi connectivity index (χ2n) is 4.77. The number of rotatable bonds is 5. The first-order valence-electron chi connectivity index (χ1n) is 5.73. The van der Waals surface area contributed by atoms with Gasteiger partial charge in [0, 0.05) is 19.0 Å². The Labute approximate surface area is 96.7 Å². The monoisotopic (exact) mass is 230 g/mol. The molecule has 5 nitrogen and oxygen atoms in total. The van der Waals surface area contributed by atoms with Crippen LogP contribution in [0, 0.1) is 0 Å². The molecule has 0 saturated carbocycles. The highest BCUT2D eigenvalue weighted by molar-refractivity contribution is 5.75. The van der Waals surface area contributed by atoms with Crippen molar-refractivity contribution in [3.63, 3.8) is 0 Å². The van der Waals surface area contributed by atoms with E-state index < -0.39 is 5.79 Å². The summed E-state index contributed by atoms with van der Waals surface area (Å²) in [5.41, 5.74) is 5.57. The van der Waals surface area contributed by atoms with E-state index in [1.165, 1.54) is 0 Å². The molecule has 0 aromatic rings. The summed E-state index contributed by atoms with van der Waals surface area (Å²) in [5, 5.41) is 2.82. The Balaban J connectivity index is 2.13.